The minimum absolute atomic E-state index is 0.0654. The molecule has 0 saturated carbocycles. The Balaban J connectivity index is 1.58. The molecule has 0 atom stereocenters. The van der Waals surface area contributed by atoms with E-state index in [9.17, 15) is 23.3 Å². The first-order valence-corrected chi connectivity index (χ1v) is 13.3. The maximum atomic E-state index is 12.1. The molecule has 0 spiro atoms. The van der Waals surface area contributed by atoms with E-state index in [1.54, 1.807) is 41.3 Å². The van der Waals surface area contributed by atoms with Crippen LogP contribution in [-0.4, -0.2) is 79.2 Å². The second-order valence-corrected chi connectivity index (χ2v) is 10.7. The fraction of sp³-hybridized carbons (Fsp3) is 0.292. The van der Waals surface area contributed by atoms with Crippen LogP contribution in [-0.2, 0) is 9.84 Å². The van der Waals surface area contributed by atoms with Gasteiger partial charge in [0.2, 0.25) is 5.82 Å². The SMILES string of the molecule is CS(=O)(=O)CCN1CCN(c2ncnc(Oc3ccccc3-c3ccc(C=O)cc3)c2[N+](=O)[O-])CC1. The molecule has 1 aliphatic heterocycles. The zero-order valence-corrected chi connectivity index (χ0v) is 20.4. The van der Waals surface area contributed by atoms with Crippen LogP contribution in [0.1, 0.15) is 10.4 Å². The highest BCUT2D eigenvalue weighted by molar-refractivity contribution is 7.90. The Labute approximate surface area is 208 Å². The van der Waals surface area contributed by atoms with Crippen molar-refractivity contribution < 1.29 is 22.9 Å². The summed E-state index contributed by atoms with van der Waals surface area (Å²) in [5, 5.41) is 12.1. The van der Waals surface area contributed by atoms with Gasteiger partial charge in [-0.15, -0.1) is 0 Å². The Morgan fingerprint density at radius 3 is 2.39 bits per heavy atom. The van der Waals surface area contributed by atoms with Gasteiger partial charge in [0.25, 0.3) is 0 Å². The van der Waals surface area contributed by atoms with Gasteiger partial charge in [0.1, 0.15) is 28.2 Å². The minimum atomic E-state index is -3.07. The van der Waals surface area contributed by atoms with Crippen LogP contribution in [0.25, 0.3) is 11.1 Å². The van der Waals surface area contributed by atoms with E-state index in [1.807, 2.05) is 17.0 Å². The number of aldehydes is 1. The van der Waals surface area contributed by atoms with E-state index in [0.29, 0.717) is 49.6 Å². The highest BCUT2D eigenvalue weighted by Crippen LogP contribution is 2.39. The molecule has 0 N–H and O–H groups in total. The molecule has 0 bridgehead atoms. The average Bonchev–Trinajstić information content (AvgIpc) is 2.87. The number of hydrogen-bond donors (Lipinski definition) is 0. The van der Waals surface area contributed by atoms with Crippen LogP contribution in [0.5, 0.6) is 11.6 Å². The van der Waals surface area contributed by atoms with E-state index in [4.69, 9.17) is 4.74 Å². The van der Waals surface area contributed by atoms with Gasteiger partial charge in [-0.3, -0.25) is 19.8 Å². The molecule has 2 heterocycles. The number of hydrogen-bond acceptors (Lipinski definition) is 10. The highest BCUT2D eigenvalue weighted by atomic mass is 32.2. The van der Waals surface area contributed by atoms with Crippen LogP contribution >= 0.6 is 0 Å². The van der Waals surface area contributed by atoms with Crippen LogP contribution in [0.15, 0.2) is 54.9 Å². The number of nitrogens with zero attached hydrogens (tertiary/aromatic N) is 5. The summed E-state index contributed by atoms with van der Waals surface area (Å²) in [7, 11) is -3.07. The zero-order chi connectivity index (χ0) is 25.7. The van der Waals surface area contributed by atoms with Gasteiger partial charge < -0.3 is 9.64 Å². The topological polar surface area (TPSA) is 136 Å². The van der Waals surface area contributed by atoms with E-state index >= 15 is 0 Å². The van der Waals surface area contributed by atoms with Crippen LogP contribution in [0, 0.1) is 10.1 Å². The van der Waals surface area contributed by atoms with Gasteiger partial charge in [-0.2, -0.15) is 4.98 Å². The molecule has 0 aliphatic carbocycles. The van der Waals surface area contributed by atoms with E-state index in [-0.39, 0.29) is 23.1 Å². The molecule has 1 aromatic heterocycles. The third-order valence-electron chi connectivity index (χ3n) is 5.85. The van der Waals surface area contributed by atoms with Crippen molar-refractivity contribution in [2.24, 2.45) is 0 Å². The first-order valence-electron chi connectivity index (χ1n) is 11.2. The Hall–Kier alpha value is -3.90. The summed E-state index contributed by atoms with van der Waals surface area (Å²) in [6, 6.07) is 14.0. The average molecular weight is 512 g/mol. The van der Waals surface area contributed by atoms with Crippen molar-refractivity contribution in [1.29, 1.82) is 0 Å². The third-order valence-corrected chi connectivity index (χ3v) is 6.78. The van der Waals surface area contributed by atoms with Crippen molar-refractivity contribution >= 4 is 27.6 Å². The number of rotatable bonds is 9. The van der Waals surface area contributed by atoms with Crippen LogP contribution < -0.4 is 9.64 Å². The maximum Gasteiger partial charge on any atom is 0.373 e. The van der Waals surface area contributed by atoms with Gasteiger partial charge in [-0.1, -0.05) is 42.5 Å². The number of ether oxygens (including phenoxy) is 1. The fourth-order valence-electron chi connectivity index (χ4n) is 3.94. The molecule has 0 amide bonds. The Kier molecular flexibility index (Phi) is 7.55. The number of anilines is 1. The standard InChI is InChI=1S/C24H25N5O6S/c1-36(33,34)15-14-27-10-12-28(13-11-27)23-22(29(31)32)24(26-17-25-23)35-21-5-3-2-4-20(21)19-8-6-18(16-30)7-9-19/h2-9,16-17H,10-15H2,1H3. The molecule has 188 valence electrons. The van der Waals surface area contributed by atoms with E-state index in [1.165, 1.54) is 12.6 Å². The second-order valence-electron chi connectivity index (χ2n) is 8.40. The van der Waals surface area contributed by atoms with Gasteiger partial charge in [-0.05, 0) is 11.6 Å². The summed E-state index contributed by atoms with van der Waals surface area (Å²) in [5.41, 5.74) is 1.65. The van der Waals surface area contributed by atoms with Gasteiger partial charge in [0.05, 0.1) is 10.7 Å². The lowest BCUT2D eigenvalue weighted by atomic mass is 10.0. The molecule has 36 heavy (non-hydrogen) atoms. The molecular weight excluding hydrogens is 486 g/mol. The van der Waals surface area contributed by atoms with Crippen molar-refractivity contribution in [3.63, 3.8) is 0 Å². The summed E-state index contributed by atoms with van der Waals surface area (Å²) >= 11 is 0. The number of benzene rings is 2. The Bertz CT molecular complexity index is 1360. The summed E-state index contributed by atoms with van der Waals surface area (Å²) < 4.78 is 28.9. The number of sulfone groups is 1. The molecule has 0 radical (unpaired) electrons. The number of carbonyl (C=O) groups is 1. The Morgan fingerprint density at radius 1 is 1.06 bits per heavy atom. The summed E-state index contributed by atoms with van der Waals surface area (Å²) in [4.78, 5) is 34.6. The van der Waals surface area contributed by atoms with Crippen molar-refractivity contribution in [3.05, 3.63) is 70.5 Å². The van der Waals surface area contributed by atoms with Gasteiger partial charge >= 0.3 is 11.6 Å². The molecule has 11 nitrogen and oxygen atoms in total. The maximum absolute atomic E-state index is 12.1. The highest BCUT2D eigenvalue weighted by Gasteiger charge is 2.31. The molecule has 1 fully saturated rings. The van der Waals surface area contributed by atoms with Crippen molar-refractivity contribution in [2.45, 2.75) is 0 Å². The third kappa shape index (κ3) is 6.01. The van der Waals surface area contributed by atoms with Crippen LogP contribution in [0.4, 0.5) is 11.5 Å². The summed E-state index contributed by atoms with van der Waals surface area (Å²) in [6.07, 6.45) is 3.19. The molecule has 1 aliphatic rings. The first kappa shape index (κ1) is 25.2. The number of nitro groups is 1. The lowest BCUT2D eigenvalue weighted by molar-refractivity contribution is -0.385. The van der Waals surface area contributed by atoms with Gasteiger partial charge in [0, 0.05) is 50.1 Å². The predicted molar refractivity (Wildman–Crippen MR) is 134 cm³/mol. The summed E-state index contributed by atoms with van der Waals surface area (Å²) in [6.45, 7) is 2.40. The van der Waals surface area contributed by atoms with Gasteiger partial charge in [-0.25, -0.2) is 13.4 Å². The van der Waals surface area contributed by atoms with Crippen molar-refractivity contribution in [2.75, 3.05) is 49.6 Å². The fourth-order valence-corrected chi connectivity index (χ4v) is 4.53. The number of aromatic nitrogens is 2. The molecule has 0 unspecified atom stereocenters. The van der Waals surface area contributed by atoms with Crippen LogP contribution in [0.2, 0.25) is 0 Å². The van der Waals surface area contributed by atoms with E-state index in [2.05, 4.69) is 9.97 Å². The monoisotopic (exact) mass is 511 g/mol. The first-order chi connectivity index (χ1) is 17.2. The lowest BCUT2D eigenvalue weighted by Gasteiger charge is -2.34. The van der Waals surface area contributed by atoms with E-state index < -0.39 is 14.8 Å². The molecule has 12 heteroatoms. The number of piperazine rings is 1. The normalized spacial score (nSPS) is 14.4. The Morgan fingerprint density at radius 2 is 1.75 bits per heavy atom. The number of para-hydroxylation sites is 1. The molecule has 2 aromatic carbocycles. The molecule has 1 saturated heterocycles. The van der Waals surface area contributed by atoms with Crippen molar-refractivity contribution in [1.82, 2.24) is 14.9 Å². The number of carbonyl (C=O) groups excluding carboxylic acids is 1. The van der Waals surface area contributed by atoms with Gasteiger partial charge in [0.15, 0.2) is 0 Å². The smallest absolute Gasteiger partial charge is 0.373 e. The molecule has 3 aromatic rings. The zero-order valence-electron chi connectivity index (χ0n) is 19.6. The quantitative estimate of drug-likeness (QED) is 0.240. The van der Waals surface area contributed by atoms with E-state index in [0.717, 1.165) is 11.8 Å². The van der Waals surface area contributed by atoms with Crippen molar-refractivity contribution in [3.8, 4) is 22.8 Å². The molecule has 4 rings (SSSR count). The summed E-state index contributed by atoms with van der Waals surface area (Å²) in [5.74, 6) is 0.410. The van der Waals surface area contributed by atoms with Crippen LogP contribution in [0.3, 0.4) is 0 Å². The largest absolute Gasteiger partial charge is 0.433 e. The lowest BCUT2D eigenvalue weighted by Crippen LogP contribution is -2.48. The molecular formula is C24H25N5O6S. The predicted octanol–water partition coefficient (Wildman–Crippen LogP) is 2.82. The minimum Gasteiger partial charge on any atom is -0.433 e. The second kappa shape index (κ2) is 10.8.